The van der Waals surface area contributed by atoms with Crippen molar-refractivity contribution in [2.45, 2.75) is 45.2 Å². The largest absolute Gasteiger partial charge is 0.467 e. The average Bonchev–Trinajstić information content (AvgIpc) is 3.22. The Morgan fingerprint density at radius 2 is 2.29 bits per heavy atom. The number of nitrogen functional groups attached to an aromatic ring is 1. The van der Waals surface area contributed by atoms with Crippen molar-refractivity contribution in [1.82, 2.24) is 9.97 Å². The van der Waals surface area contributed by atoms with Crippen molar-refractivity contribution in [3.05, 3.63) is 36.0 Å². The SMILES string of the molecule is CCCc1c(NN)ncnc1N(Cc1ccco1)C1CC1. The van der Waals surface area contributed by atoms with E-state index in [1.807, 2.05) is 12.1 Å². The second-order valence-corrected chi connectivity index (χ2v) is 5.36. The van der Waals surface area contributed by atoms with E-state index >= 15 is 0 Å². The highest BCUT2D eigenvalue weighted by atomic mass is 16.3. The van der Waals surface area contributed by atoms with Gasteiger partial charge in [0, 0.05) is 11.6 Å². The summed E-state index contributed by atoms with van der Waals surface area (Å²) in [6, 6.07) is 4.45. The molecule has 0 radical (unpaired) electrons. The van der Waals surface area contributed by atoms with Gasteiger partial charge in [0.25, 0.3) is 0 Å². The fourth-order valence-electron chi connectivity index (χ4n) is 2.59. The molecule has 3 rings (SSSR count). The number of furan rings is 1. The number of nitrogens with two attached hydrogens (primary N) is 1. The smallest absolute Gasteiger partial charge is 0.148 e. The average molecular weight is 287 g/mol. The predicted octanol–water partition coefficient (Wildman–Crippen LogP) is 2.48. The third kappa shape index (κ3) is 3.00. The fourth-order valence-corrected chi connectivity index (χ4v) is 2.59. The van der Waals surface area contributed by atoms with Crippen molar-refractivity contribution in [1.29, 1.82) is 0 Å². The van der Waals surface area contributed by atoms with Gasteiger partial charge in [-0.1, -0.05) is 13.3 Å². The van der Waals surface area contributed by atoms with Crippen LogP contribution in [-0.4, -0.2) is 16.0 Å². The zero-order valence-electron chi connectivity index (χ0n) is 12.2. The van der Waals surface area contributed by atoms with Gasteiger partial charge in [0.05, 0.1) is 12.8 Å². The third-order valence-electron chi connectivity index (χ3n) is 3.73. The molecular formula is C15H21N5O. The lowest BCUT2D eigenvalue weighted by Gasteiger charge is -2.25. The van der Waals surface area contributed by atoms with Gasteiger partial charge in [0.1, 0.15) is 23.7 Å². The van der Waals surface area contributed by atoms with Gasteiger partial charge in [0.15, 0.2) is 0 Å². The molecule has 0 unspecified atom stereocenters. The molecule has 112 valence electrons. The highest BCUT2D eigenvalue weighted by Gasteiger charge is 2.32. The Kier molecular flexibility index (Phi) is 4.06. The van der Waals surface area contributed by atoms with E-state index in [2.05, 4.69) is 27.2 Å². The van der Waals surface area contributed by atoms with E-state index in [-0.39, 0.29) is 0 Å². The highest BCUT2D eigenvalue weighted by molar-refractivity contribution is 5.59. The molecule has 1 aliphatic rings. The third-order valence-corrected chi connectivity index (χ3v) is 3.73. The number of nitrogens with zero attached hydrogens (tertiary/aromatic N) is 3. The molecule has 0 aromatic carbocycles. The van der Waals surface area contributed by atoms with Crippen LogP contribution >= 0.6 is 0 Å². The number of hydrogen-bond acceptors (Lipinski definition) is 6. The molecule has 1 saturated carbocycles. The van der Waals surface area contributed by atoms with Gasteiger partial charge in [-0.25, -0.2) is 15.8 Å². The molecule has 0 atom stereocenters. The van der Waals surface area contributed by atoms with E-state index < -0.39 is 0 Å². The highest BCUT2D eigenvalue weighted by Crippen LogP contribution is 2.35. The minimum Gasteiger partial charge on any atom is -0.467 e. The summed E-state index contributed by atoms with van der Waals surface area (Å²) in [5.41, 5.74) is 3.78. The molecule has 0 amide bonds. The summed E-state index contributed by atoms with van der Waals surface area (Å²) in [7, 11) is 0. The second-order valence-electron chi connectivity index (χ2n) is 5.36. The molecular weight excluding hydrogens is 266 g/mol. The second kappa shape index (κ2) is 6.13. The van der Waals surface area contributed by atoms with Crippen LogP contribution in [0.25, 0.3) is 0 Å². The molecule has 6 heteroatoms. The van der Waals surface area contributed by atoms with E-state index in [0.29, 0.717) is 11.9 Å². The first-order chi connectivity index (χ1) is 10.3. The summed E-state index contributed by atoms with van der Waals surface area (Å²) in [6.07, 6.45) is 7.59. The van der Waals surface area contributed by atoms with E-state index in [1.54, 1.807) is 12.6 Å². The number of rotatable bonds is 7. The Labute approximate surface area is 124 Å². The van der Waals surface area contributed by atoms with Crippen LogP contribution in [-0.2, 0) is 13.0 Å². The Bertz CT molecular complexity index is 580. The van der Waals surface area contributed by atoms with Crippen LogP contribution in [0.15, 0.2) is 29.1 Å². The Balaban J connectivity index is 1.94. The summed E-state index contributed by atoms with van der Waals surface area (Å²) in [5, 5.41) is 0. The number of hydrogen-bond donors (Lipinski definition) is 2. The van der Waals surface area contributed by atoms with Gasteiger partial charge in [0.2, 0.25) is 0 Å². The summed E-state index contributed by atoms with van der Waals surface area (Å²) in [6.45, 7) is 2.88. The van der Waals surface area contributed by atoms with Crippen LogP contribution in [0.1, 0.15) is 37.5 Å². The predicted molar refractivity (Wildman–Crippen MR) is 81.8 cm³/mol. The number of anilines is 2. The van der Waals surface area contributed by atoms with Gasteiger partial charge < -0.3 is 14.7 Å². The first-order valence-electron chi connectivity index (χ1n) is 7.43. The molecule has 0 bridgehead atoms. The van der Waals surface area contributed by atoms with Crippen LogP contribution < -0.4 is 16.2 Å². The van der Waals surface area contributed by atoms with Crippen LogP contribution in [0.3, 0.4) is 0 Å². The molecule has 3 N–H and O–H groups in total. The van der Waals surface area contributed by atoms with Gasteiger partial charge in [-0.3, -0.25) is 0 Å². The minimum atomic E-state index is 0.534. The lowest BCUT2D eigenvalue weighted by atomic mass is 10.1. The summed E-state index contributed by atoms with van der Waals surface area (Å²) in [4.78, 5) is 11.1. The molecule has 21 heavy (non-hydrogen) atoms. The van der Waals surface area contributed by atoms with Crippen molar-refractivity contribution in [3.8, 4) is 0 Å². The first kappa shape index (κ1) is 13.9. The fraction of sp³-hybridized carbons (Fsp3) is 0.467. The molecule has 1 fully saturated rings. The van der Waals surface area contributed by atoms with Crippen molar-refractivity contribution >= 4 is 11.6 Å². The topological polar surface area (TPSA) is 80.2 Å². The number of hydrazine groups is 1. The lowest BCUT2D eigenvalue weighted by molar-refractivity contribution is 0.499. The minimum absolute atomic E-state index is 0.534. The van der Waals surface area contributed by atoms with Crippen LogP contribution in [0.2, 0.25) is 0 Å². The lowest BCUT2D eigenvalue weighted by Crippen LogP contribution is -2.28. The number of aromatic nitrogens is 2. The van der Waals surface area contributed by atoms with Crippen LogP contribution in [0.5, 0.6) is 0 Å². The number of nitrogens with one attached hydrogen (secondary N) is 1. The van der Waals surface area contributed by atoms with E-state index in [0.717, 1.165) is 36.5 Å². The van der Waals surface area contributed by atoms with E-state index in [1.165, 1.54) is 12.8 Å². The maximum atomic E-state index is 5.60. The first-order valence-corrected chi connectivity index (χ1v) is 7.43. The molecule has 1 aliphatic carbocycles. The molecule has 2 aromatic heterocycles. The van der Waals surface area contributed by atoms with E-state index in [4.69, 9.17) is 10.3 Å². The molecule has 0 spiro atoms. The van der Waals surface area contributed by atoms with Crippen LogP contribution in [0, 0.1) is 0 Å². The van der Waals surface area contributed by atoms with Gasteiger partial charge in [-0.2, -0.15) is 0 Å². The molecule has 6 nitrogen and oxygen atoms in total. The Morgan fingerprint density at radius 3 is 2.90 bits per heavy atom. The normalized spacial score (nSPS) is 14.2. The van der Waals surface area contributed by atoms with Crippen molar-refractivity contribution in [2.75, 3.05) is 10.3 Å². The van der Waals surface area contributed by atoms with Crippen molar-refractivity contribution in [3.63, 3.8) is 0 Å². The standard InChI is InChI=1S/C15H21N5O/c1-2-4-13-14(19-16)17-10-18-15(13)20(11-6-7-11)9-12-5-3-8-21-12/h3,5,8,10-11H,2,4,6-7,9,16H2,1H3,(H,17,18,19). The van der Waals surface area contributed by atoms with Gasteiger partial charge in [-0.05, 0) is 31.4 Å². The van der Waals surface area contributed by atoms with Crippen molar-refractivity contribution < 1.29 is 4.42 Å². The Morgan fingerprint density at radius 1 is 1.43 bits per heavy atom. The summed E-state index contributed by atoms with van der Waals surface area (Å²) >= 11 is 0. The Hall–Kier alpha value is -2.08. The van der Waals surface area contributed by atoms with E-state index in [9.17, 15) is 0 Å². The molecule has 0 aliphatic heterocycles. The van der Waals surface area contributed by atoms with Gasteiger partial charge in [-0.15, -0.1) is 0 Å². The quantitative estimate of drug-likeness (QED) is 0.601. The van der Waals surface area contributed by atoms with Crippen LogP contribution in [0.4, 0.5) is 11.6 Å². The maximum Gasteiger partial charge on any atom is 0.148 e. The molecule has 2 aromatic rings. The summed E-state index contributed by atoms with van der Waals surface area (Å²) < 4.78 is 5.49. The van der Waals surface area contributed by atoms with Gasteiger partial charge >= 0.3 is 0 Å². The summed E-state index contributed by atoms with van der Waals surface area (Å²) in [5.74, 6) is 8.24. The monoisotopic (exact) mass is 287 g/mol. The maximum absolute atomic E-state index is 5.60. The molecule has 2 heterocycles. The molecule has 0 saturated heterocycles. The zero-order valence-corrected chi connectivity index (χ0v) is 12.2. The van der Waals surface area contributed by atoms with Crippen molar-refractivity contribution in [2.24, 2.45) is 5.84 Å². The zero-order chi connectivity index (χ0) is 14.7.